The highest BCUT2D eigenvalue weighted by atomic mass is 19.4. The van der Waals surface area contributed by atoms with Gasteiger partial charge in [0, 0.05) is 25.3 Å². The van der Waals surface area contributed by atoms with Crippen LogP contribution in [-0.2, 0) is 4.79 Å². The third-order valence-corrected chi connectivity index (χ3v) is 2.94. The van der Waals surface area contributed by atoms with Crippen LogP contribution in [0.2, 0.25) is 0 Å². The minimum absolute atomic E-state index is 0.186. The number of carboxylic acids is 1. The average molecular weight is 320 g/mol. The third kappa shape index (κ3) is 5.36. The second kappa shape index (κ2) is 7.79. The van der Waals surface area contributed by atoms with Crippen molar-refractivity contribution in [3.63, 3.8) is 0 Å². The van der Waals surface area contributed by atoms with Crippen molar-refractivity contribution in [3.8, 4) is 0 Å². The lowest BCUT2D eigenvalue weighted by Gasteiger charge is -2.36. The molecule has 1 heterocycles. The normalized spacial score (nSPS) is 18.2. The summed E-state index contributed by atoms with van der Waals surface area (Å²) in [6.07, 6.45) is -3.18. The Morgan fingerprint density at radius 2 is 2.09 bits per heavy atom. The molecule has 2 rings (SSSR count). The minimum atomic E-state index is -5.08. The molecule has 0 bridgehead atoms. The van der Waals surface area contributed by atoms with E-state index in [4.69, 9.17) is 9.90 Å². The highest BCUT2D eigenvalue weighted by Gasteiger charge is 2.38. The van der Waals surface area contributed by atoms with Gasteiger partial charge in [-0.05, 0) is 18.2 Å². The van der Waals surface area contributed by atoms with Gasteiger partial charge in [0.1, 0.15) is 5.82 Å². The number of hydrogen-bond acceptors (Lipinski definition) is 3. The largest absolute Gasteiger partial charge is 0.490 e. The van der Waals surface area contributed by atoms with E-state index in [9.17, 15) is 17.6 Å². The van der Waals surface area contributed by atoms with Crippen LogP contribution in [0, 0.1) is 5.82 Å². The van der Waals surface area contributed by atoms with Crippen molar-refractivity contribution in [2.75, 3.05) is 24.5 Å². The highest BCUT2D eigenvalue weighted by Crippen LogP contribution is 2.19. The van der Waals surface area contributed by atoms with Crippen LogP contribution in [0.5, 0.6) is 0 Å². The fraction of sp³-hybridized carbons (Fsp3) is 0.357. The molecule has 1 saturated heterocycles. The van der Waals surface area contributed by atoms with E-state index < -0.39 is 12.1 Å². The van der Waals surface area contributed by atoms with E-state index in [0.717, 1.165) is 25.3 Å². The first-order valence-electron chi connectivity index (χ1n) is 6.41. The summed E-state index contributed by atoms with van der Waals surface area (Å²) in [6.45, 7) is 6.50. The number of anilines is 1. The van der Waals surface area contributed by atoms with Gasteiger partial charge in [0.25, 0.3) is 0 Å². The first-order valence-corrected chi connectivity index (χ1v) is 6.41. The molecule has 1 aromatic carbocycles. The number of alkyl halides is 3. The van der Waals surface area contributed by atoms with Gasteiger partial charge in [-0.25, -0.2) is 9.18 Å². The van der Waals surface area contributed by atoms with Crippen LogP contribution in [0.25, 0.3) is 0 Å². The molecule has 0 amide bonds. The van der Waals surface area contributed by atoms with Crippen LogP contribution in [0.15, 0.2) is 36.9 Å². The summed E-state index contributed by atoms with van der Waals surface area (Å²) < 4.78 is 44.8. The van der Waals surface area contributed by atoms with Crippen molar-refractivity contribution in [3.05, 3.63) is 42.7 Å². The van der Waals surface area contributed by atoms with Crippen molar-refractivity contribution < 1.29 is 27.5 Å². The van der Waals surface area contributed by atoms with E-state index in [1.165, 1.54) is 6.07 Å². The number of aliphatic carboxylic acids is 1. The summed E-state index contributed by atoms with van der Waals surface area (Å²) in [6, 6.07) is 6.97. The number of rotatable bonds is 2. The fourth-order valence-corrected chi connectivity index (χ4v) is 1.91. The van der Waals surface area contributed by atoms with Crippen LogP contribution < -0.4 is 10.2 Å². The summed E-state index contributed by atoms with van der Waals surface area (Å²) in [4.78, 5) is 11.1. The minimum Gasteiger partial charge on any atom is -0.475 e. The third-order valence-electron chi connectivity index (χ3n) is 2.94. The Labute approximate surface area is 125 Å². The molecule has 2 N–H and O–H groups in total. The number of carboxylic acid groups (broad SMARTS) is 1. The molecule has 1 aromatic rings. The quantitative estimate of drug-likeness (QED) is 0.649. The van der Waals surface area contributed by atoms with Gasteiger partial charge in [-0.3, -0.25) is 0 Å². The zero-order chi connectivity index (χ0) is 16.8. The van der Waals surface area contributed by atoms with Gasteiger partial charge in [0.2, 0.25) is 0 Å². The topological polar surface area (TPSA) is 52.6 Å². The van der Waals surface area contributed by atoms with E-state index >= 15 is 0 Å². The predicted octanol–water partition coefficient (Wildman–Crippen LogP) is 2.42. The molecule has 1 fully saturated rings. The molecule has 1 atom stereocenters. The molecule has 4 nitrogen and oxygen atoms in total. The number of nitrogens with one attached hydrogen (secondary N) is 1. The zero-order valence-electron chi connectivity index (χ0n) is 11.6. The number of hydrogen-bond donors (Lipinski definition) is 2. The van der Waals surface area contributed by atoms with E-state index in [2.05, 4.69) is 16.8 Å². The average Bonchev–Trinajstić information content (AvgIpc) is 2.47. The van der Waals surface area contributed by atoms with Gasteiger partial charge in [-0.2, -0.15) is 13.2 Å². The Morgan fingerprint density at radius 3 is 2.59 bits per heavy atom. The number of piperazine rings is 1. The first kappa shape index (κ1) is 18.0. The lowest BCUT2D eigenvalue weighted by Crippen LogP contribution is -2.50. The lowest BCUT2D eigenvalue weighted by atomic mass is 10.1. The molecule has 1 unspecified atom stereocenters. The molecule has 0 radical (unpaired) electrons. The monoisotopic (exact) mass is 320 g/mol. The molecule has 0 aliphatic carbocycles. The standard InChI is InChI=1S/C12H15FN2.C2HF3O2/c1-2-11-9-14-6-7-15(11)12-5-3-4-10(13)8-12;3-2(4,5)1(6)7/h2-5,8,11,14H,1,6-7,9H2;(H,6,7). The van der Waals surface area contributed by atoms with Gasteiger partial charge in [0.15, 0.2) is 0 Å². The first-order chi connectivity index (χ1) is 10.3. The smallest absolute Gasteiger partial charge is 0.475 e. The summed E-state index contributed by atoms with van der Waals surface area (Å²) in [5.74, 6) is -2.94. The van der Waals surface area contributed by atoms with Gasteiger partial charge in [-0.1, -0.05) is 12.1 Å². The Hall–Kier alpha value is -2.09. The van der Waals surface area contributed by atoms with E-state index in [1.807, 2.05) is 12.1 Å². The maximum atomic E-state index is 13.1. The second-order valence-electron chi connectivity index (χ2n) is 4.48. The maximum Gasteiger partial charge on any atom is 0.490 e. The van der Waals surface area contributed by atoms with Crippen LogP contribution >= 0.6 is 0 Å². The van der Waals surface area contributed by atoms with Crippen molar-refractivity contribution in [1.29, 1.82) is 0 Å². The summed E-state index contributed by atoms with van der Waals surface area (Å²) in [5, 5.41) is 10.4. The molecular formula is C14H16F4N2O2. The maximum absolute atomic E-state index is 13.1. The fourth-order valence-electron chi connectivity index (χ4n) is 1.91. The Kier molecular flexibility index (Phi) is 6.36. The molecule has 1 aliphatic rings. The number of halogens is 4. The van der Waals surface area contributed by atoms with Crippen LogP contribution in [0.4, 0.5) is 23.2 Å². The van der Waals surface area contributed by atoms with Crippen LogP contribution in [-0.4, -0.2) is 42.9 Å². The van der Waals surface area contributed by atoms with Crippen molar-refractivity contribution in [2.24, 2.45) is 0 Å². The SMILES string of the molecule is C=CC1CNCCN1c1cccc(F)c1.O=C(O)C(F)(F)F. The number of carbonyl (C=O) groups is 1. The highest BCUT2D eigenvalue weighted by molar-refractivity contribution is 5.73. The number of nitrogens with zero attached hydrogens (tertiary/aromatic N) is 1. The van der Waals surface area contributed by atoms with Gasteiger partial charge < -0.3 is 15.3 Å². The summed E-state index contributed by atoms with van der Waals surface area (Å²) >= 11 is 0. The van der Waals surface area contributed by atoms with E-state index in [0.29, 0.717) is 0 Å². The lowest BCUT2D eigenvalue weighted by molar-refractivity contribution is -0.192. The molecule has 8 heteroatoms. The van der Waals surface area contributed by atoms with E-state index in [-0.39, 0.29) is 11.9 Å². The second-order valence-corrected chi connectivity index (χ2v) is 4.48. The Morgan fingerprint density at radius 1 is 1.45 bits per heavy atom. The molecular weight excluding hydrogens is 304 g/mol. The van der Waals surface area contributed by atoms with Gasteiger partial charge in [-0.15, -0.1) is 6.58 Å². The number of benzene rings is 1. The van der Waals surface area contributed by atoms with E-state index in [1.54, 1.807) is 12.1 Å². The van der Waals surface area contributed by atoms with Gasteiger partial charge >= 0.3 is 12.1 Å². The molecule has 122 valence electrons. The molecule has 0 aromatic heterocycles. The summed E-state index contributed by atoms with van der Waals surface area (Å²) in [5.41, 5.74) is 0.932. The predicted molar refractivity (Wildman–Crippen MR) is 74.3 cm³/mol. The zero-order valence-corrected chi connectivity index (χ0v) is 11.6. The molecule has 1 aliphatic heterocycles. The Bertz CT molecular complexity index is 520. The molecule has 0 saturated carbocycles. The Balaban J connectivity index is 0.000000295. The van der Waals surface area contributed by atoms with Crippen molar-refractivity contribution >= 4 is 11.7 Å². The molecule has 0 spiro atoms. The van der Waals surface area contributed by atoms with Crippen molar-refractivity contribution in [2.45, 2.75) is 12.2 Å². The van der Waals surface area contributed by atoms with Crippen LogP contribution in [0.1, 0.15) is 0 Å². The van der Waals surface area contributed by atoms with Crippen LogP contribution in [0.3, 0.4) is 0 Å². The summed E-state index contributed by atoms with van der Waals surface area (Å²) in [7, 11) is 0. The van der Waals surface area contributed by atoms with Crippen molar-refractivity contribution in [1.82, 2.24) is 5.32 Å². The molecule has 22 heavy (non-hydrogen) atoms. The van der Waals surface area contributed by atoms with Gasteiger partial charge in [0.05, 0.1) is 6.04 Å².